The van der Waals surface area contributed by atoms with Crippen LogP contribution in [0.1, 0.15) is 47.0 Å². The van der Waals surface area contributed by atoms with Gasteiger partial charge in [0.15, 0.2) is 0 Å². The SMILES string of the molecule is CC(C)COCCOCCCCC(C)(C)C#N. The Morgan fingerprint density at radius 2 is 1.71 bits per heavy atom. The minimum atomic E-state index is -0.194. The topological polar surface area (TPSA) is 42.2 Å². The molecule has 3 heteroatoms. The summed E-state index contributed by atoms with van der Waals surface area (Å²) in [6.07, 6.45) is 3.01. The molecular weight excluding hydrogens is 214 g/mol. The molecule has 0 aliphatic heterocycles. The average molecular weight is 241 g/mol. The Labute approximate surface area is 106 Å². The van der Waals surface area contributed by atoms with Gasteiger partial charge in [-0.05, 0) is 39.0 Å². The Bertz CT molecular complexity index is 219. The van der Waals surface area contributed by atoms with Crippen molar-refractivity contribution in [2.24, 2.45) is 11.3 Å². The molecule has 0 atom stereocenters. The monoisotopic (exact) mass is 241 g/mol. The zero-order valence-electron chi connectivity index (χ0n) is 11.8. The first kappa shape index (κ1) is 16.4. The van der Waals surface area contributed by atoms with E-state index in [2.05, 4.69) is 19.9 Å². The van der Waals surface area contributed by atoms with E-state index in [1.165, 1.54) is 0 Å². The van der Waals surface area contributed by atoms with Gasteiger partial charge in [0, 0.05) is 13.2 Å². The third kappa shape index (κ3) is 11.7. The van der Waals surface area contributed by atoms with E-state index in [0.717, 1.165) is 32.5 Å². The second kappa shape index (κ2) is 9.44. The molecule has 0 saturated heterocycles. The molecule has 17 heavy (non-hydrogen) atoms. The molecule has 0 aliphatic rings. The first-order valence-electron chi connectivity index (χ1n) is 6.54. The standard InChI is InChI=1S/C14H27NO2/c1-13(2)11-17-10-9-16-8-6-5-7-14(3,4)12-15/h13H,5-11H2,1-4H3. The number of ether oxygens (including phenoxy) is 2. The fourth-order valence-electron chi connectivity index (χ4n) is 1.37. The lowest BCUT2D eigenvalue weighted by molar-refractivity contribution is 0.0362. The van der Waals surface area contributed by atoms with Gasteiger partial charge < -0.3 is 9.47 Å². The van der Waals surface area contributed by atoms with Gasteiger partial charge in [-0.1, -0.05) is 13.8 Å². The van der Waals surface area contributed by atoms with Gasteiger partial charge in [-0.25, -0.2) is 0 Å². The number of hydrogen-bond donors (Lipinski definition) is 0. The van der Waals surface area contributed by atoms with Gasteiger partial charge in [0.2, 0.25) is 0 Å². The highest BCUT2D eigenvalue weighted by Gasteiger charge is 2.15. The van der Waals surface area contributed by atoms with Crippen molar-refractivity contribution in [2.45, 2.75) is 47.0 Å². The normalized spacial score (nSPS) is 11.8. The van der Waals surface area contributed by atoms with Crippen molar-refractivity contribution in [1.29, 1.82) is 5.26 Å². The van der Waals surface area contributed by atoms with Crippen LogP contribution in [-0.2, 0) is 9.47 Å². The molecule has 0 N–H and O–H groups in total. The molecule has 3 nitrogen and oxygen atoms in total. The van der Waals surface area contributed by atoms with Crippen LogP contribution in [0, 0.1) is 22.7 Å². The van der Waals surface area contributed by atoms with Crippen molar-refractivity contribution in [3.63, 3.8) is 0 Å². The molecule has 0 aromatic heterocycles. The minimum Gasteiger partial charge on any atom is -0.379 e. The van der Waals surface area contributed by atoms with Crippen LogP contribution in [0.2, 0.25) is 0 Å². The van der Waals surface area contributed by atoms with Crippen molar-refractivity contribution >= 4 is 0 Å². The van der Waals surface area contributed by atoms with Gasteiger partial charge >= 0.3 is 0 Å². The predicted octanol–water partition coefficient (Wildman–Crippen LogP) is 3.40. The molecule has 0 spiro atoms. The highest BCUT2D eigenvalue weighted by atomic mass is 16.5. The molecule has 0 saturated carbocycles. The number of nitrogens with zero attached hydrogens (tertiary/aromatic N) is 1. The summed E-state index contributed by atoms with van der Waals surface area (Å²) in [5, 5.41) is 8.84. The summed E-state index contributed by atoms with van der Waals surface area (Å²) in [6.45, 7) is 11.2. The second-order valence-electron chi connectivity index (χ2n) is 5.53. The first-order valence-corrected chi connectivity index (χ1v) is 6.54. The van der Waals surface area contributed by atoms with E-state index in [4.69, 9.17) is 14.7 Å². The maximum atomic E-state index is 8.84. The summed E-state index contributed by atoms with van der Waals surface area (Å²) < 4.78 is 10.9. The Morgan fingerprint density at radius 3 is 2.29 bits per heavy atom. The summed E-state index contributed by atoms with van der Waals surface area (Å²) >= 11 is 0. The smallest absolute Gasteiger partial charge is 0.0700 e. The van der Waals surface area contributed by atoms with Gasteiger partial charge in [0.05, 0.1) is 24.7 Å². The van der Waals surface area contributed by atoms with Crippen molar-refractivity contribution in [2.75, 3.05) is 26.4 Å². The van der Waals surface area contributed by atoms with E-state index in [1.807, 2.05) is 13.8 Å². The molecule has 0 rings (SSSR count). The number of hydrogen-bond acceptors (Lipinski definition) is 3. The van der Waals surface area contributed by atoms with Crippen molar-refractivity contribution < 1.29 is 9.47 Å². The summed E-state index contributed by atoms with van der Waals surface area (Å²) in [6, 6.07) is 2.31. The van der Waals surface area contributed by atoms with Gasteiger partial charge in [-0.2, -0.15) is 5.26 Å². The lowest BCUT2D eigenvalue weighted by Gasteiger charge is -2.14. The third-order valence-corrected chi connectivity index (χ3v) is 2.47. The summed E-state index contributed by atoms with van der Waals surface area (Å²) in [4.78, 5) is 0. The number of unbranched alkanes of at least 4 members (excludes halogenated alkanes) is 1. The molecule has 0 aromatic rings. The van der Waals surface area contributed by atoms with Gasteiger partial charge in [-0.3, -0.25) is 0 Å². The van der Waals surface area contributed by atoms with E-state index in [9.17, 15) is 0 Å². The molecule has 100 valence electrons. The number of rotatable bonds is 10. The van der Waals surface area contributed by atoms with E-state index in [0.29, 0.717) is 19.1 Å². The van der Waals surface area contributed by atoms with E-state index in [1.54, 1.807) is 0 Å². The minimum absolute atomic E-state index is 0.194. The van der Waals surface area contributed by atoms with Crippen LogP contribution in [0.3, 0.4) is 0 Å². The van der Waals surface area contributed by atoms with E-state index < -0.39 is 0 Å². The molecule has 0 unspecified atom stereocenters. The van der Waals surface area contributed by atoms with Crippen LogP contribution in [-0.4, -0.2) is 26.4 Å². The fourth-order valence-corrected chi connectivity index (χ4v) is 1.37. The molecule has 0 radical (unpaired) electrons. The maximum absolute atomic E-state index is 8.84. The molecule has 0 aliphatic carbocycles. The maximum Gasteiger partial charge on any atom is 0.0700 e. The predicted molar refractivity (Wildman–Crippen MR) is 69.7 cm³/mol. The van der Waals surface area contributed by atoms with Crippen molar-refractivity contribution in [3.05, 3.63) is 0 Å². The lowest BCUT2D eigenvalue weighted by Crippen LogP contribution is -2.10. The second-order valence-corrected chi connectivity index (χ2v) is 5.53. The summed E-state index contributed by atoms with van der Waals surface area (Å²) in [7, 11) is 0. The average Bonchev–Trinajstić information content (AvgIpc) is 2.26. The quantitative estimate of drug-likeness (QED) is 0.550. The molecule has 0 fully saturated rings. The Hall–Kier alpha value is -0.590. The summed E-state index contributed by atoms with van der Waals surface area (Å²) in [5.41, 5.74) is -0.194. The van der Waals surface area contributed by atoms with Gasteiger partial charge in [0.1, 0.15) is 0 Å². The molecule has 0 bridgehead atoms. The fraction of sp³-hybridized carbons (Fsp3) is 0.929. The van der Waals surface area contributed by atoms with Crippen LogP contribution in [0.4, 0.5) is 0 Å². The zero-order chi connectivity index (χ0) is 13.1. The van der Waals surface area contributed by atoms with Gasteiger partial charge in [-0.15, -0.1) is 0 Å². The van der Waals surface area contributed by atoms with Crippen LogP contribution < -0.4 is 0 Å². The van der Waals surface area contributed by atoms with Crippen LogP contribution in [0.15, 0.2) is 0 Å². The van der Waals surface area contributed by atoms with E-state index in [-0.39, 0.29) is 5.41 Å². The van der Waals surface area contributed by atoms with Crippen molar-refractivity contribution in [3.8, 4) is 6.07 Å². The third-order valence-electron chi connectivity index (χ3n) is 2.47. The molecule has 0 amide bonds. The lowest BCUT2D eigenvalue weighted by atomic mass is 9.89. The Balaban J connectivity index is 3.17. The van der Waals surface area contributed by atoms with Crippen LogP contribution >= 0.6 is 0 Å². The summed E-state index contributed by atoms with van der Waals surface area (Å²) in [5.74, 6) is 0.586. The Morgan fingerprint density at radius 1 is 1.06 bits per heavy atom. The molecule has 0 heterocycles. The Kier molecular flexibility index (Phi) is 9.11. The largest absolute Gasteiger partial charge is 0.379 e. The van der Waals surface area contributed by atoms with Crippen molar-refractivity contribution in [1.82, 2.24) is 0 Å². The van der Waals surface area contributed by atoms with E-state index >= 15 is 0 Å². The molecular formula is C14H27NO2. The van der Waals surface area contributed by atoms with Crippen LogP contribution in [0.25, 0.3) is 0 Å². The highest BCUT2D eigenvalue weighted by molar-refractivity contribution is 4.91. The van der Waals surface area contributed by atoms with Gasteiger partial charge in [0.25, 0.3) is 0 Å². The zero-order valence-corrected chi connectivity index (χ0v) is 11.8. The van der Waals surface area contributed by atoms with Crippen LogP contribution in [0.5, 0.6) is 0 Å². The highest BCUT2D eigenvalue weighted by Crippen LogP contribution is 2.21. The molecule has 0 aromatic carbocycles. The number of nitriles is 1. The first-order chi connectivity index (χ1) is 7.98.